The molecule has 3 aliphatic rings. The minimum absolute atomic E-state index is 0. The number of hydrogen-bond acceptors (Lipinski definition) is 3. The molecule has 4 atom stereocenters. The van der Waals surface area contributed by atoms with E-state index in [0.717, 1.165) is 19.5 Å². The lowest BCUT2D eigenvalue weighted by Crippen LogP contribution is -2.39. The second-order valence-corrected chi connectivity index (χ2v) is 6.09. The summed E-state index contributed by atoms with van der Waals surface area (Å²) in [5, 5.41) is 6.21. The first-order valence-corrected chi connectivity index (χ1v) is 7.45. The van der Waals surface area contributed by atoms with Crippen LogP contribution in [0.3, 0.4) is 0 Å². The summed E-state index contributed by atoms with van der Waals surface area (Å²) in [6, 6.07) is 0.969. The maximum Gasteiger partial charge on any atom is 0.223 e. The zero-order valence-electron chi connectivity index (χ0n) is 11.9. The number of halogens is 1. The van der Waals surface area contributed by atoms with Crippen molar-refractivity contribution in [2.75, 3.05) is 19.6 Å². The molecular weight excluding hydrogens is 278 g/mol. The molecule has 5 nitrogen and oxygen atoms in total. The van der Waals surface area contributed by atoms with Crippen LogP contribution < -0.4 is 10.6 Å². The van der Waals surface area contributed by atoms with Gasteiger partial charge in [0.15, 0.2) is 0 Å². The van der Waals surface area contributed by atoms with Crippen LogP contribution in [0, 0.1) is 11.8 Å². The van der Waals surface area contributed by atoms with E-state index in [1.807, 2.05) is 0 Å². The molecule has 6 heteroatoms. The van der Waals surface area contributed by atoms with Gasteiger partial charge in [-0.3, -0.25) is 9.59 Å². The Kier molecular flexibility index (Phi) is 4.91. The number of nitrogens with zero attached hydrogens (tertiary/aromatic N) is 1. The Labute approximate surface area is 126 Å². The van der Waals surface area contributed by atoms with Crippen molar-refractivity contribution in [3.8, 4) is 0 Å². The Hall–Kier alpha value is -0.810. The van der Waals surface area contributed by atoms with Gasteiger partial charge in [0, 0.05) is 45.1 Å². The van der Waals surface area contributed by atoms with E-state index in [0.29, 0.717) is 42.8 Å². The number of hydrogen-bond donors (Lipinski definition) is 2. The first kappa shape index (κ1) is 15.6. The van der Waals surface area contributed by atoms with E-state index in [2.05, 4.69) is 15.5 Å². The summed E-state index contributed by atoms with van der Waals surface area (Å²) in [5.74, 6) is 1.66. The summed E-state index contributed by atoms with van der Waals surface area (Å²) in [7, 11) is 0. The van der Waals surface area contributed by atoms with Gasteiger partial charge in [-0.05, 0) is 31.1 Å². The number of rotatable bonds is 4. The number of carbonyl (C=O) groups is 2. The van der Waals surface area contributed by atoms with Gasteiger partial charge in [-0.25, -0.2) is 0 Å². The Morgan fingerprint density at radius 1 is 1.20 bits per heavy atom. The predicted molar refractivity (Wildman–Crippen MR) is 78.7 cm³/mol. The van der Waals surface area contributed by atoms with Gasteiger partial charge < -0.3 is 15.5 Å². The predicted octanol–water partition coefficient (Wildman–Crippen LogP) is 0.533. The number of amides is 2. The monoisotopic (exact) mass is 301 g/mol. The van der Waals surface area contributed by atoms with Crippen molar-refractivity contribution < 1.29 is 9.59 Å². The smallest absolute Gasteiger partial charge is 0.223 e. The first-order chi connectivity index (χ1) is 9.18. The van der Waals surface area contributed by atoms with E-state index in [4.69, 9.17) is 0 Å². The summed E-state index contributed by atoms with van der Waals surface area (Å²) in [5.41, 5.74) is 0. The molecule has 3 heterocycles. The average molecular weight is 302 g/mol. The molecule has 3 fully saturated rings. The molecule has 0 unspecified atom stereocenters. The first-order valence-electron chi connectivity index (χ1n) is 7.45. The summed E-state index contributed by atoms with van der Waals surface area (Å²) in [6.45, 7) is 4.29. The fourth-order valence-corrected chi connectivity index (χ4v) is 4.27. The van der Waals surface area contributed by atoms with Crippen LogP contribution in [0.5, 0.6) is 0 Å². The topological polar surface area (TPSA) is 61.4 Å². The maximum atomic E-state index is 12.4. The molecule has 20 heavy (non-hydrogen) atoms. The molecule has 3 saturated heterocycles. The molecule has 2 bridgehead atoms. The fourth-order valence-electron chi connectivity index (χ4n) is 4.27. The minimum Gasteiger partial charge on any atom is -0.356 e. The molecule has 3 aliphatic heterocycles. The van der Waals surface area contributed by atoms with Gasteiger partial charge >= 0.3 is 0 Å². The Bertz CT molecular complexity index is 373. The fraction of sp³-hybridized carbons (Fsp3) is 0.857. The molecule has 0 aliphatic carbocycles. The Balaban J connectivity index is 0.00000147. The number of carbonyl (C=O) groups excluding carboxylic acids is 2. The average Bonchev–Trinajstić information content (AvgIpc) is 3.03. The van der Waals surface area contributed by atoms with Crippen LogP contribution in [0.4, 0.5) is 0 Å². The quantitative estimate of drug-likeness (QED) is 0.745. The van der Waals surface area contributed by atoms with Gasteiger partial charge in [0.05, 0.1) is 0 Å². The zero-order valence-corrected chi connectivity index (χ0v) is 12.7. The number of nitrogens with one attached hydrogen (secondary N) is 2. The highest BCUT2D eigenvalue weighted by molar-refractivity contribution is 5.85. The van der Waals surface area contributed by atoms with E-state index in [-0.39, 0.29) is 18.3 Å². The zero-order chi connectivity index (χ0) is 13.4. The van der Waals surface area contributed by atoms with E-state index in [1.165, 1.54) is 19.8 Å². The maximum absolute atomic E-state index is 12.4. The van der Waals surface area contributed by atoms with Crippen LogP contribution >= 0.6 is 12.4 Å². The van der Waals surface area contributed by atoms with Crippen molar-refractivity contribution >= 4 is 24.2 Å². The molecule has 0 aromatic heterocycles. The van der Waals surface area contributed by atoms with Crippen LogP contribution in [0.15, 0.2) is 0 Å². The van der Waals surface area contributed by atoms with E-state index >= 15 is 0 Å². The summed E-state index contributed by atoms with van der Waals surface area (Å²) in [6.07, 6.45) is 3.69. The summed E-state index contributed by atoms with van der Waals surface area (Å²) >= 11 is 0. The minimum atomic E-state index is -0.0192. The lowest BCUT2D eigenvalue weighted by Gasteiger charge is -2.24. The van der Waals surface area contributed by atoms with Gasteiger partial charge in [-0.15, -0.1) is 12.4 Å². The van der Waals surface area contributed by atoms with Crippen molar-refractivity contribution in [3.63, 3.8) is 0 Å². The highest BCUT2D eigenvalue weighted by Gasteiger charge is 2.55. The Morgan fingerprint density at radius 3 is 2.35 bits per heavy atom. The normalized spacial score (nSPS) is 33.8. The Morgan fingerprint density at radius 2 is 1.80 bits per heavy atom. The molecule has 0 radical (unpaired) electrons. The highest BCUT2D eigenvalue weighted by atomic mass is 35.5. The molecule has 0 spiro atoms. The van der Waals surface area contributed by atoms with Crippen molar-refractivity contribution in [1.82, 2.24) is 15.5 Å². The van der Waals surface area contributed by atoms with Crippen LogP contribution in [0.25, 0.3) is 0 Å². The van der Waals surface area contributed by atoms with Crippen LogP contribution in [-0.2, 0) is 9.59 Å². The number of fused-ring (bicyclic) bond motifs is 5. The van der Waals surface area contributed by atoms with Gasteiger partial charge in [0.2, 0.25) is 11.8 Å². The largest absolute Gasteiger partial charge is 0.356 e. The third-order valence-electron chi connectivity index (χ3n) is 5.00. The van der Waals surface area contributed by atoms with Crippen LogP contribution in [-0.4, -0.2) is 48.4 Å². The summed E-state index contributed by atoms with van der Waals surface area (Å²) < 4.78 is 0. The third kappa shape index (κ3) is 2.66. The molecule has 114 valence electrons. The molecule has 0 aromatic carbocycles. The van der Waals surface area contributed by atoms with Gasteiger partial charge in [-0.2, -0.15) is 0 Å². The SMILES string of the molecule is CC(=O)NCCCC(=O)N1[C@@H]2CC[C@H]1[C@H]1CNC[C@H]12.Cl. The lowest BCUT2D eigenvalue weighted by molar-refractivity contribution is -0.133. The van der Waals surface area contributed by atoms with Crippen LogP contribution in [0.2, 0.25) is 0 Å². The van der Waals surface area contributed by atoms with Crippen LogP contribution in [0.1, 0.15) is 32.6 Å². The molecule has 2 amide bonds. The highest BCUT2D eigenvalue weighted by Crippen LogP contribution is 2.47. The third-order valence-corrected chi connectivity index (χ3v) is 5.00. The van der Waals surface area contributed by atoms with E-state index in [1.54, 1.807) is 0 Å². The van der Waals surface area contributed by atoms with Gasteiger partial charge in [0.25, 0.3) is 0 Å². The second kappa shape index (κ2) is 6.31. The van der Waals surface area contributed by atoms with Gasteiger partial charge in [-0.1, -0.05) is 0 Å². The lowest BCUT2D eigenvalue weighted by atomic mass is 9.82. The molecule has 0 saturated carbocycles. The molecule has 2 N–H and O–H groups in total. The standard InChI is InChI=1S/C14H23N3O2.ClH/c1-9(18)16-6-2-3-14(19)17-12-4-5-13(17)11-8-15-7-10(11)12;/h10-13,15H,2-8H2,1H3,(H,16,18);1H/t10-,11+,12-,13+;. The van der Waals surface area contributed by atoms with E-state index < -0.39 is 0 Å². The summed E-state index contributed by atoms with van der Waals surface area (Å²) in [4.78, 5) is 25.3. The van der Waals surface area contributed by atoms with Crippen molar-refractivity contribution in [3.05, 3.63) is 0 Å². The van der Waals surface area contributed by atoms with Crippen molar-refractivity contribution in [1.29, 1.82) is 0 Å². The van der Waals surface area contributed by atoms with Crippen molar-refractivity contribution in [2.24, 2.45) is 11.8 Å². The second-order valence-electron chi connectivity index (χ2n) is 6.09. The molecular formula is C14H24ClN3O2. The molecule has 3 rings (SSSR count). The van der Waals surface area contributed by atoms with Crippen molar-refractivity contribution in [2.45, 2.75) is 44.7 Å². The molecule has 0 aromatic rings. The van der Waals surface area contributed by atoms with Gasteiger partial charge in [0.1, 0.15) is 0 Å². The van der Waals surface area contributed by atoms with E-state index in [9.17, 15) is 9.59 Å².